The summed E-state index contributed by atoms with van der Waals surface area (Å²) in [6, 6.07) is 8.76. The summed E-state index contributed by atoms with van der Waals surface area (Å²) in [7, 11) is 0. The zero-order chi connectivity index (χ0) is 18.0. The van der Waals surface area contributed by atoms with Crippen molar-refractivity contribution in [2.45, 2.75) is 11.5 Å². The first-order valence-electron chi connectivity index (χ1n) is 7.09. The smallest absolute Gasteiger partial charge is 0.199 e. The van der Waals surface area contributed by atoms with Gasteiger partial charge in [-0.15, -0.1) is 11.8 Å². The number of benzene rings is 2. The van der Waals surface area contributed by atoms with Crippen LogP contribution in [0.4, 0.5) is 8.78 Å². The molecule has 3 aromatic rings. The van der Waals surface area contributed by atoms with Crippen molar-refractivity contribution in [1.29, 1.82) is 0 Å². The fraction of sp³-hybridized carbons (Fsp3) is 0.125. The van der Waals surface area contributed by atoms with Crippen LogP contribution >= 0.6 is 47.2 Å². The van der Waals surface area contributed by atoms with Gasteiger partial charge in [-0.2, -0.15) is 5.10 Å². The van der Waals surface area contributed by atoms with Crippen molar-refractivity contribution in [3.05, 3.63) is 74.2 Å². The van der Waals surface area contributed by atoms with E-state index in [1.807, 2.05) is 6.07 Å². The van der Waals surface area contributed by atoms with Crippen molar-refractivity contribution < 1.29 is 8.78 Å². The third-order valence-electron chi connectivity index (χ3n) is 3.38. The molecular weight excluding hydrogens is 407 g/mol. The van der Waals surface area contributed by atoms with Crippen molar-refractivity contribution in [1.82, 2.24) is 14.8 Å². The summed E-state index contributed by atoms with van der Waals surface area (Å²) >= 11 is 18.6. The molecule has 0 bridgehead atoms. The van der Waals surface area contributed by atoms with Gasteiger partial charge in [0, 0.05) is 11.8 Å². The molecule has 0 spiro atoms. The van der Waals surface area contributed by atoms with Gasteiger partial charge in [0.25, 0.3) is 0 Å². The number of nitrogens with zero attached hydrogens (tertiary/aromatic N) is 2. The molecule has 130 valence electrons. The second kappa shape index (κ2) is 7.86. The molecular formula is C16H11Cl2F2N3S2. The van der Waals surface area contributed by atoms with Crippen LogP contribution in [0.25, 0.3) is 5.69 Å². The highest BCUT2D eigenvalue weighted by Crippen LogP contribution is 2.26. The number of H-pyrrole nitrogens is 1. The standard InChI is InChI=1S/C16H11Cl2F2N3S2/c17-11-3-1-9(5-12(11)18)7-25-8-15-21-22-16(24)23(15)14-4-2-10(19)6-13(14)20/h1-6H,7-8H2,(H,22,24). The summed E-state index contributed by atoms with van der Waals surface area (Å²) in [4.78, 5) is 0. The molecule has 0 aliphatic carbocycles. The van der Waals surface area contributed by atoms with E-state index in [4.69, 9.17) is 35.4 Å². The number of hydrogen-bond donors (Lipinski definition) is 1. The van der Waals surface area contributed by atoms with Crippen molar-refractivity contribution in [2.24, 2.45) is 0 Å². The van der Waals surface area contributed by atoms with Crippen LogP contribution in [-0.4, -0.2) is 14.8 Å². The Hall–Kier alpha value is -1.41. The van der Waals surface area contributed by atoms with Crippen LogP contribution in [0.15, 0.2) is 36.4 Å². The number of halogens is 4. The summed E-state index contributed by atoms with van der Waals surface area (Å²) in [6.45, 7) is 0. The first-order valence-corrected chi connectivity index (χ1v) is 9.41. The first-order chi connectivity index (χ1) is 12.0. The monoisotopic (exact) mass is 417 g/mol. The SMILES string of the molecule is Fc1ccc(-n2c(CSCc3ccc(Cl)c(Cl)c3)n[nH]c2=S)c(F)c1. The minimum Gasteiger partial charge on any atom is -0.268 e. The Bertz CT molecular complexity index is 972. The first kappa shape index (κ1) is 18.4. The van der Waals surface area contributed by atoms with Gasteiger partial charge < -0.3 is 0 Å². The molecule has 0 fully saturated rings. The van der Waals surface area contributed by atoms with Gasteiger partial charge in [-0.1, -0.05) is 29.3 Å². The van der Waals surface area contributed by atoms with Gasteiger partial charge in [0.15, 0.2) is 4.77 Å². The van der Waals surface area contributed by atoms with Crippen LogP contribution in [0, 0.1) is 16.4 Å². The molecule has 25 heavy (non-hydrogen) atoms. The van der Waals surface area contributed by atoms with Crippen LogP contribution in [0.5, 0.6) is 0 Å². The van der Waals surface area contributed by atoms with Gasteiger partial charge in [0.05, 0.1) is 21.5 Å². The third kappa shape index (κ3) is 4.23. The van der Waals surface area contributed by atoms with Crippen molar-refractivity contribution in [3.8, 4) is 5.69 Å². The Morgan fingerprint density at radius 3 is 2.60 bits per heavy atom. The minimum atomic E-state index is -0.701. The van der Waals surface area contributed by atoms with Crippen molar-refractivity contribution >= 4 is 47.2 Å². The van der Waals surface area contributed by atoms with Crippen LogP contribution in [0.2, 0.25) is 10.0 Å². The molecule has 0 amide bonds. The van der Waals surface area contributed by atoms with Crippen LogP contribution in [0.3, 0.4) is 0 Å². The summed E-state index contributed by atoms with van der Waals surface area (Å²) in [5, 5.41) is 7.78. The number of hydrogen-bond acceptors (Lipinski definition) is 3. The van der Waals surface area contributed by atoms with E-state index >= 15 is 0 Å². The van der Waals surface area contributed by atoms with Crippen LogP contribution < -0.4 is 0 Å². The zero-order valence-corrected chi connectivity index (χ0v) is 15.7. The van der Waals surface area contributed by atoms with Crippen molar-refractivity contribution in [2.75, 3.05) is 0 Å². The number of nitrogens with one attached hydrogen (secondary N) is 1. The number of aromatic amines is 1. The molecule has 9 heteroatoms. The second-order valence-electron chi connectivity index (χ2n) is 5.12. The third-order valence-corrected chi connectivity index (χ3v) is 5.39. The average Bonchev–Trinajstić information content (AvgIpc) is 2.92. The van der Waals surface area contributed by atoms with E-state index in [-0.39, 0.29) is 10.5 Å². The highest BCUT2D eigenvalue weighted by atomic mass is 35.5. The predicted octanol–water partition coefficient (Wildman–Crippen LogP) is 5.95. The van der Waals surface area contributed by atoms with Gasteiger partial charge >= 0.3 is 0 Å². The molecule has 3 nitrogen and oxygen atoms in total. The summed E-state index contributed by atoms with van der Waals surface area (Å²) < 4.78 is 28.9. The summed E-state index contributed by atoms with van der Waals surface area (Å²) in [5.41, 5.74) is 1.17. The van der Waals surface area contributed by atoms with E-state index in [9.17, 15) is 8.78 Å². The largest absolute Gasteiger partial charge is 0.268 e. The predicted molar refractivity (Wildman–Crippen MR) is 100 cm³/mol. The van der Waals surface area contributed by atoms with E-state index in [0.29, 0.717) is 27.4 Å². The Morgan fingerprint density at radius 1 is 1.08 bits per heavy atom. The quantitative estimate of drug-likeness (QED) is 0.520. The van der Waals surface area contributed by atoms with E-state index in [1.165, 1.54) is 16.7 Å². The van der Waals surface area contributed by atoms with Gasteiger partial charge in [-0.3, -0.25) is 9.67 Å². The molecule has 0 aliphatic heterocycles. The van der Waals surface area contributed by atoms with Gasteiger partial charge in [0.1, 0.15) is 17.5 Å². The lowest BCUT2D eigenvalue weighted by Gasteiger charge is -2.08. The zero-order valence-electron chi connectivity index (χ0n) is 12.6. The molecule has 0 unspecified atom stereocenters. The normalized spacial score (nSPS) is 11.0. The Kier molecular flexibility index (Phi) is 5.78. The maximum Gasteiger partial charge on any atom is 0.199 e. The second-order valence-corrected chi connectivity index (χ2v) is 7.30. The number of thioether (sulfide) groups is 1. The molecule has 2 aromatic carbocycles. The van der Waals surface area contributed by atoms with Crippen LogP contribution in [-0.2, 0) is 11.5 Å². The molecule has 0 saturated carbocycles. The molecule has 0 radical (unpaired) electrons. The van der Waals surface area contributed by atoms with E-state index in [2.05, 4.69) is 10.2 Å². The lowest BCUT2D eigenvalue weighted by Crippen LogP contribution is -2.03. The lowest BCUT2D eigenvalue weighted by molar-refractivity contribution is 0.576. The van der Waals surface area contributed by atoms with E-state index in [1.54, 1.807) is 23.9 Å². The fourth-order valence-electron chi connectivity index (χ4n) is 2.23. The Morgan fingerprint density at radius 2 is 1.88 bits per heavy atom. The lowest BCUT2D eigenvalue weighted by atomic mass is 10.2. The van der Waals surface area contributed by atoms with Gasteiger partial charge in [0.2, 0.25) is 0 Å². The minimum absolute atomic E-state index is 0.158. The molecule has 3 rings (SSSR count). The van der Waals surface area contributed by atoms with Crippen LogP contribution in [0.1, 0.15) is 11.4 Å². The van der Waals surface area contributed by atoms with Gasteiger partial charge in [-0.05, 0) is 42.0 Å². The van der Waals surface area contributed by atoms with E-state index < -0.39 is 11.6 Å². The average molecular weight is 418 g/mol. The van der Waals surface area contributed by atoms with E-state index in [0.717, 1.165) is 11.6 Å². The highest BCUT2D eigenvalue weighted by Gasteiger charge is 2.13. The summed E-state index contributed by atoms with van der Waals surface area (Å²) in [6.07, 6.45) is 0. The molecule has 1 heterocycles. The molecule has 0 atom stereocenters. The summed E-state index contributed by atoms with van der Waals surface area (Å²) in [5.74, 6) is 0.340. The fourth-order valence-corrected chi connectivity index (χ4v) is 3.69. The Labute approximate surface area is 162 Å². The number of rotatable bonds is 5. The Balaban J connectivity index is 1.78. The molecule has 0 saturated heterocycles. The van der Waals surface area contributed by atoms with Crippen molar-refractivity contribution in [3.63, 3.8) is 0 Å². The number of aromatic nitrogens is 3. The maximum atomic E-state index is 14.1. The maximum absolute atomic E-state index is 14.1. The molecule has 0 aliphatic rings. The van der Waals surface area contributed by atoms with Gasteiger partial charge in [-0.25, -0.2) is 8.78 Å². The highest BCUT2D eigenvalue weighted by molar-refractivity contribution is 7.97. The topological polar surface area (TPSA) is 33.6 Å². The molecule has 1 aromatic heterocycles. The molecule has 1 N–H and O–H groups in total.